The Morgan fingerprint density at radius 2 is 2.06 bits per heavy atom. The summed E-state index contributed by atoms with van der Waals surface area (Å²) in [6, 6.07) is 6.13. The minimum atomic E-state index is 0.132. The van der Waals surface area contributed by atoms with Gasteiger partial charge in [0.15, 0.2) is 5.78 Å². The molecular formula is C14H20O2. The minimum absolute atomic E-state index is 0.132. The van der Waals surface area contributed by atoms with Crippen LogP contribution < -0.4 is 4.74 Å². The van der Waals surface area contributed by atoms with E-state index in [1.165, 1.54) is 5.56 Å². The Labute approximate surface area is 97.6 Å². The Morgan fingerprint density at radius 3 is 2.56 bits per heavy atom. The average Bonchev–Trinajstić information content (AvgIpc) is 2.26. The first-order valence-corrected chi connectivity index (χ1v) is 5.79. The van der Waals surface area contributed by atoms with Crippen LogP contribution in [-0.2, 0) is 4.79 Å². The topological polar surface area (TPSA) is 26.3 Å². The first kappa shape index (κ1) is 12.8. The lowest BCUT2D eigenvalue weighted by atomic mass is 10.0. The Hall–Kier alpha value is -1.31. The average molecular weight is 220 g/mol. The number of carbonyl (C=O) groups is 1. The van der Waals surface area contributed by atoms with Crippen molar-refractivity contribution < 1.29 is 9.53 Å². The summed E-state index contributed by atoms with van der Waals surface area (Å²) in [7, 11) is 0. The van der Waals surface area contributed by atoms with E-state index in [-0.39, 0.29) is 12.4 Å². The molecule has 0 atom stereocenters. The van der Waals surface area contributed by atoms with E-state index in [4.69, 9.17) is 4.74 Å². The first-order valence-electron chi connectivity index (χ1n) is 5.79. The van der Waals surface area contributed by atoms with Crippen LogP contribution in [0.1, 0.15) is 44.2 Å². The van der Waals surface area contributed by atoms with Gasteiger partial charge in [-0.1, -0.05) is 32.9 Å². The van der Waals surface area contributed by atoms with Crippen molar-refractivity contribution in [1.29, 1.82) is 0 Å². The molecular weight excluding hydrogens is 200 g/mol. The number of hydrogen-bond donors (Lipinski definition) is 0. The molecule has 0 aromatic heterocycles. The Morgan fingerprint density at radius 1 is 1.38 bits per heavy atom. The maximum Gasteiger partial charge on any atom is 0.169 e. The summed E-state index contributed by atoms with van der Waals surface area (Å²) in [5.41, 5.74) is 2.39. The number of carbonyl (C=O) groups excluding carboxylic acids is 1. The summed E-state index contributed by atoms with van der Waals surface area (Å²) in [6.07, 6.45) is 0.531. The van der Waals surface area contributed by atoms with Gasteiger partial charge in [0.25, 0.3) is 0 Å². The number of aryl methyl sites for hydroxylation is 1. The van der Waals surface area contributed by atoms with Crippen LogP contribution in [-0.4, -0.2) is 12.4 Å². The number of ketones is 1. The monoisotopic (exact) mass is 220 g/mol. The SMILES string of the molecule is CCC(=O)COc1ccc(C(C)C)cc1C. The van der Waals surface area contributed by atoms with Crippen LogP contribution in [0, 0.1) is 6.92 Å². The summed E-state index contributed by atoms with van der Waals surface area (Å²) in [5, 5.41) is 0. The lowest BCUT2D eigenvalue weighted by Crippen LogP contribution is -2.10. The number of Topliss-reactive ketones (excluding diaryl/α,β-unsaturated/α-hetero) is 1. The second-order valence-electron chi connectivity index (χ2n) is 4.36. The fourth-order valence-electron chi connectivity index (χ4n) is 1.45. The van der Waals surface area contributed by atoms with Crippen molar-refractivity contribution in [2.24, 2.45) is 0 Å². The van der Waals surface area contributed by atoms with Crippen LogP contribution in [0.3, 0.4) is 0 Å². The first-order chi connectivity index (χ1) is 7.54. The largest absolute Gasteiger partial charge is 0.486 e. The van der Waals surface area contributed by atoms with Gasteiger partial charge < -0.3 is 4.74 Å². The van der Waals surface area contributed by atoms with E-state index in [0.29, 0.717) is 12.3 Å². The van der Waals surface area contributed by atoms with Gasteiger partial charge in [-0.15, -0.1) is 0 Å². The zero-order valence-electron chi connectivity index (χ0n) is 10.5. The van der Waals surface area contributed by atoms with Gasteiger partial charge in [0.2, 0.25) is 0 Å². The van der Waals surface area contributed by atoms with Gasteiger partial charge in [-0.05, 0) is 30.0 Å². The number of ether oxygens (including phenoxy) is 1. The predicted molar refractivity (Wildman–Crippen MR) is 66.1 cm³/mol. The van der Waals surface area contributed by atoms with E-state index >= 15 is 0 Å². The molecule has 0 aliphatic carbocycles. The number of benzene rings is 1. The zero-order chi connectivity index (χ0) is 12.1. The molecule has 1 aromatic rings. The van der Waals surface area contributed by atoms with E-state index in [0.717, 1.165) is 11.3 Å². The van der Waals surface area contributed by atoms with Crippen molar-refractivity contribution in [3.8, 4) is 5.75 Å². The third-order valence-electron chi connectivity index (χ3n) is 2.65. The molecule has 0 fully saturated rings. The molecule has 1 rings (SSSR count). The van der Waals surface area contributed by atoms with Crippen LogP contribution in [0.15, 0.2) is 18.2 Å². The van der Waals surface area contributed by atoms with Crippen molar-refractivity contribution in [2.75, 3.05) is 6.61 Å². The fourth-order valence-corrected chi connectivity index (χ4v) is 1.45. The minimum Gasteiger partial charge on any atom is -0.486 e. The molecule has 0 saturated heterocycles. The molecule has 0 radical (unpaired) electrons. The third-order valence-corrected chi connectivity index (χ3v) is 2.65. The normalized spacial score (nSPS) is 10.6. The maximum absolute atomic E-state index is 11.1. The molecule has 2 heteroatoms. The van der Waals surface area contributed by atoms with Gasteiger partial charge in [0, 0.05) is 6.42 Å². The van der Waals surface area contributed by atoms with Crippen LogP contribution in [0.2, 0.25) is 0 Å². The molecule has 1 aromatic carbocycles. The van der Waals surface area contributed by atoms with Gasteiger partial charge >= 0.3 is 0 Å². The van der Waals surface area contributed by atoms with E-state index in [1.54, 1.807) is 0 Å². The van der Waals surface area contributed by atoms with Gasteiger partial charge in [-0.25, -0.2) is 0 Å². The lowest BCUT2D eigenvalue weighted by Gasteiger charge is -2.11. The van der Waals surface area contributed by atoms with Crippen LogP contribution in [0.4, 0.5) is 0 Å². The molecule has 0 N–H and O–H groups in total. The molecule has 0 saturated carbocycles. The molecule has 0 amide bonds. The highest BCUT2D eigenvalue weighted by molar-refractivity contribution is 5.79. The summed E-state index contributed by atoms with van der Waals surface area (Å²) >= 11 is 0. The second-order valence-corrected chi connectivity index (χ2v) is 4.36. The highest BCUT2D eigenvalue weighted by Gasteiger charge is 2.05. The molecule has 2 nitrogen and oxygen atoms in total. The summed E-state index contributed by atoms with van der Waals surface area (Å²) in [6.45, 7) is 8.36. The Kier molecular flexibility index (Phi) is 4.53. The second kappa shape index (κ2) is 5.69. The molecule has 16 heavy (non-hydrogen) atoms. The van der Waals surface area contributed by atoms with Crippen molar-refractivity contribution in [1.82, 2.24) is 0 Å². The summed E-state index contributed by atoms with van der Waals surface area (Å²) in [4.78, 5) is 11.1. The standard InChI is InChI=1S/C14H20O2/c1-5-13(15)9-16-14-7-6-12(10(2)3)8-11(14)4/h6-8,10H,5,9H2,1-4H3. The van der Waals surface area contributed by atoms with Crippen molar-refractivity contribution in [3.05, 3.63) is 29.3 Å². The zero-order valence-corrected chi connectivity index (χ0v) is 10.5. The van der Waals surface area contributed by atoms with Crippen molar-refractivity contribution >= 4 is 5.78 Å². The van der Waals surface area contributed by atoms with E-state index in [2.05, 4.69) is 26.0 Å². The van der Waals surface area contributed by atoms with Gasteiger partial charge in [-0.2, -0.15) is 0 Å². The predicted octanol–water partition coefficient (Wildman–Crippen LogP) is 3.48. The number of rotatable bonds is 5. The smallest absolute Gasteiger partial charge is 0.169 e. The molecule has 88 valence electrons. The summed E-state index contributed by atoms with van der Waals surface area (Å²) in [5.74, 6) is 1.46. The van der Waals surface area contributed by atoms with Gasteiger partial charge in [0.1, 0.15) is 12.4 Å². The van der Waals surface area contributed by atoms with Crippen LogP contribution in [0.5, 0.6) is 5.75 Å². The summed E-state index contributed by atoms with van der Waals surface area (Å²) < 4.78 is 5.47. The highest BCUT2D eigenvalue weighted by atomic mass is 16.5. The lowest BCUT2D eigenvalue weighted by molar-refractivity contribution is -0.120. The molecule has 0 unspecified atom stereocenters. The van der Waals surface area contributed by atoms with E-state index < -0.39 is 0 Å². The van der Waals surface area contributed by atoms with Crippen molar-refractivity contribution in [2.45, 2.75) is 40.0 Å². The third kappa shape index (κ3) is 3.37. The molecule has 0 aliphatic heterocycles. The van der Waals surface area contributed by atoms with Crippen molar-refractivity contribution in [3.63, 3.8) is 0 Å². The molecule has 0 aliphatic rings. The fraction of sp³-hybridized carbons (Fsp3) is 0.500. The molecule has 0 spiro atoms. The van der Waals surface area contributed by atoms with Crippen LogP contribution >= 0.6 is 0 Å². The van der Waals surface area contributed by atoms with Gasteiger partial charge in [-0.3, -0.25) is 4.79 Å². The highest BCUT2D eigenvalue weighted by Crippen LogP contribution is 2.23. The quantitative estimate of drug-likeness (QED) is 0.759. The van der Waals surface area contributed by atoms with Crippen LogP contribution in [0.25, 0.3) is 0 Å². The molecule has 0 bridgehead atoms. The van der Waals surface area contributed by atoms with E-state index in [9.17, 15) is 4.79 Å². The number of hydrogen-bond acceptors (Lipinski definition) is 2. The van der Waals surface area contributed by atoms with Gasteiger partial charge in [0.05, 0.1) is 0 Å². The Balaban J connectivity index is 2.72. The van der Waals surface area contributed by atoms with E-state index in [1.807, 2.05) is 19.9 Å². The Bertz CT molecular complexity index is 367. The maximum atomic E-state index is 11.1. The molecule has 0 heterocycles.